The van der Waals surface area contributed by atoms with Crippen LogP contribution in [0.1, 0.15) is 11.3 Å². The van der Waals surface area contributed by atoms with Gasteiger partial charge in [0.15, 0.2) is 11.5 Å². The lowest BCUT2D eigenvalue weighted by molar-refractivity contribution is 0.171. The molecule has 6 nitrogen and oxygen atoms in total. The molecule has 3 aromatic carbocycles. The number of aryl methyl sites for hydroxylation is 2. The summed E-state index contributed by atoms with van der Waals surface area (Å²) in [6.45, 7) is 3.23. The van der Waals surface area contributed by atoms with Crippen LogP contribution in [0, 0.1) is 6.92 Å². The number of hydrogen-bond donors (Lipinski definition) is 1. The van der Waals surface area contributed by atoms with E-state index in [9.17, 15) is 9.90 Å². The van der Waals surface area contributed by atoms with E-state index in [1.165, 1.54) is 0 Å². The molecule has 0 amide bonds. The van der Waals surface area contributed by atoms with Crippen LogP contribution in [-0.4, -0.2) is 27.9 Å². The Kier molecular flexibility index (Phi) is 5.57. The van der Waals surface area contributed by atoms with Gasteiger partial charge in [0.25, 0.3) is 5.56 Å². The monoisotopic (exact) mass is 440 g/mol. The largest absolute Gasteiger partial charge is 0.507 e. The third-order valence-corrected chi connectivity index (χ3v) is 5.79. The number of fused-ring (bicyclic) bond motifs is 1. The van der Waals surface area contributed by atoms with Gasteiger partial charge in [-0.05, 0) is 48.7 Å². The van der Waals surface area contributed by atoms with E-state index >= 15 is 0 Å². The molecule has 0 radical (unpaired) electrons. The second-order valence-electron chi connectivity index (χ2n) is 7.96. The van der Waals surface area contributed by atoms with Crippen molar-refractivity contribution in [2.24, 2.45) is 0 Å². The summed E-state index contributed by atoms with van der Waals surface area (Å²) in [7, 11) is 0. The molecule has 1 aromatic heterocycles. The summed E-state index contributed by atoms with van der Waals surface area (Å²) in [6, 6.07) is 22.5. The fourth-order valence-corrected chi connectivity index (χ4v) is 4.15. The number of hydrogen-bond acceptors (Lipinski definition) is 5. The number of phenols is 1. The number of para-hydroxylation sites is 1. The van der Waals surface area contributed by atoms with E-state index in [0.717, 1.165) is 11.1 Å². The Morgan fingerprint density at radius 2 is 1.67 bits per heavy atom. The summed E-state index contributed by atoms with van der Waals surface area (Å²) in [5.74, 6) is 1.83. The highest BCUT2D eigenvalue weighted by molar-refractivity contribution is 5.71. The SMILES string of the molecule is Cc1nc(-c2ccccc2O)n(CCc2ccccc2)c(=O)c1-c1ccc2c(c1)OCCO2. The number of nitrogens with zero attached hydrogens (tertiary/aromatic N) is 2. The Morgan fingerprint density at radius 1 is 0.939 bits per heavy atom. The zero-order chi connectivity index (χ0) is 22.8. The maximum Gasteiger partial charge on any atom is 0.261 e. The third kappa shape index (κ3) is 4.07. The number of aromatic hydroxyl groups is 1. The highest BCUT2D eigenvalue weighted by Gasteiger charge is 2.21. The van der Waals surface area contributed by atoms with Crippen LogP contribution in [0.4, 0.5) is 0 Å². The Hall–Kier alpha value is -4.06. The fourth-order valence-electron chi connectivity index (χ4n) is 4.15. The summed E-state index contributed by atoms with van der Waals surface area (Å²) in [6.07, 6.45) is 0.659. The molecule has 1 N–H and O–H groups in total. The highest BCUT2D eigenvalue weighted by Crippen LogP contribution is 2.35. The van der Waals surface area contributed by atoms with Crippen molar-refractivity contribution in [1.29, 1.82) is 0 Å². The second-order valence-corrected chi connectivity index (χ2v) is 7.96. The van der Waals surface area contributed by atoms with Crippen molar-refractivity contribution in [3.05, 3.63) is 94.4 Å². The highest BCUT2D eigenvalue weighted by atomic mass is 16.6. The van der Waals surface area contributed by atoms with Gasteiger partial charge >= 0.3 is 0 Å². The summed E-state index contributed by atoms with van der Waals surface area (Å²) in [4.78, 5) is 18.7. The van der Waals surface area contributed by atoms with Crippen LogP contribution in [0.5, 0.6) is 17.2 Å². The van der Waals surface area contributed by atoms with Crippen molar-refractivity contribution >= 4 is 0 Å². The van der Waals surface area contributed by atoms with Gasteiger partial charge in [0.05, 0.1) is 16.8 Å². The smallest absolute Gasteiger partial charge is 0.261 e. The molecule has 0 saturated heterocycles. The third-order valence-electron chi connectivity index (χ3n) is 5.79. The first kappa shape index (κ1) is 20.8. The molecule has 1 aliphatic heterocycles. The van der Waals surface area contributed by atoms with Crippen LogP contribution in [-0.2, 0) is 13.0 Å². The van der Waals surface area contributed by atoms with Gasteiger partial charge in [-0.25, -0.2) is 4.98 Å². The lowest BCUT2D eigenvalue weighted by Gasteiger charge is -2.20. The molecule has 33 heavy (non-hydrogen) atoms. The van der Waals surface area contributed by atoms with E-state index in [2.05, 4.69) is 0 Å². The van der Waals surface area contributed by atoms with E-state index in [-0.39, 0.29) is 11.3 Å². The Labute approximate surface area is 191 Å². The van der Waals surface area contributed by atoms with Crippen LogP contribution < -0.4 is 15.0 Å². The summed E-state index contributed by atoms with van der Waals surface area (Å²) < 4.78 is 13.0. The molecule has 0 atom stereocenters. The molecule has 1 aliphatic rings. The van der Waals surface area contributed by atoms with Crippen molar-refractivity contribution in [3.8, 4) is 39.8 Å². The number of phenolic OH excluding ortho intramolecular Hbond substituents is 1. The Balaban J connectivity index is 1.65. The van der Waals surface area contributed by atoms with Gasteiger partial charge in [-0.2, -0.15) is 0 Å². The lowest BCUT2D eigenvalue weighted by Crippen LogP contribution is -2.27. The Bertz CT molecular complexity index is 1360. The summed E-state index contributed by atoms with van der Waals surface area (Å²) in [5, 5.41) is 10.5. The van der Waals surface area contributed by atoms with Gasteiger partial charge in [0.1, 0.15) is 24.8 Å². The van der Waals surface area contributed by atoms with Gasteiger partial charge in [-0.15, -0.1) is 0 Å². The quantitative estimate of drug-likeness (QED) is 0.491. The number of ether oxygens (including phenoxy) is 2. The van der Waals surface area contributed by atoms with Crippen LogP contribution >= 0.6 is 0 Å². The number of aromatic nitrogens is 2. The van der Waals surface area contributed by atoms with E-state index < -0.39 is 0 Å². The minimum absolute atomic E-state index is 0.0874. The first-order valence-corrected chi connectivity index (χ1v) is 11.0. The predicted octanol–water partition coefficient (Wildman–Crippen LogP) is 4.61. The van der Waals surface area contributed by atoms with Crippen molar-refractivity contribution < 1.29 is 14.6 Å². The standard InChI is InChI=1S/C27H24N2O4/c1-18-25(20-11-12-23-24(17-20)33-16-15-32-23)27(31)29(14-13-19-7-3-2-4-8-19)26(28-18)21-9-5-6-10-22(21)30/h2-12,17,30H,13-16H2,1H3. The molecular weight excluding hydrogens is 416 g/mol. The normalized spacial score (nSPS) is 12.5. The van der Waals surface area contributed by atoms with Gasteiger partial charge < -0.3 is 14.6 Å². The fraction of sp³-hybridized carbons (Fsp3) is 0.185. The second kappa shape index (κ2) is 8.82. The van der Waals surface area contributed by atoms with Crippen molar-refractivity contribution in [2.75, 3.05) is 13.2 Å². The molecule has 0 unspecified atom stereocenters. The maximum absolute atomic E-state index is 13.9. The number of benzene rings is 3. The van der Waals surface area contributed by atoms with Crippen molar-refractivity contribution in [1.82, 2.24) is 9.55 Å². The van der Waals surface area contributed by atoms with Crippen LogP contribution in [0.2, 0.25) is 0 Å². The molecule has 5 rings (SSSR count). The maximum atomic E-state index is 13.9. The topological polar surface area (TPSA) is 73.6 Å². The first-order chi connectivity index (χ1) is 16.1. The predicted molar refractivity (Wildman–Crippen MR) is 127 cm³/mol. The molecule has 6 heteroatoms. The van der Waals surface area contributed by atoms with E-state index in [1.54, 1.807) is 22.8 Å². The van der Waals surface area contributed by atoms with Crippen LogP contribution in [0.3, 0.4) is 0 Å². The Morgan fingerprint density at radius 3 is 2.45 bits per heavy atom. The molecule has 166 valence electrons. The van der Waals surface area contributed by atoms with Gasteiger partial charge in [-0.1, -0.05) is 48.5 Å². The van der Waals surface area contributed by atoms with Gasteiger partial charge in [0, 0.05) is 6.54 Å². The molecular formula is C27H24N2O4. The van der Waals surface area contributed by atoms with Crippen molar-refractivity contribution in [2.45, 2.75) is 19.9 Å². The van der Waals surface area contributed by atoms with Crippen molar-refractivity contribution in [3.63, 3.8) is 0 Å². The zero-order valence-corrected chi connectivity index (χ0v) is 18.3. The molecule has 0 spiro atoms. The minimum Gasteiger partial charge on any atom is -0.507 e. The molecule has 0 aliphatic carbocycles. The van der Waals surface area contributed by atoms with E-state index in [4.69, 9.17) is 14.5 Å². The average Bonchev–Trinajstić information content (AvgIpc) is 2.84. The number of rotatable bonds is 5. The van der Waals surface area contributed by atoms with Crippen LogP contribution in [0.25, 0.3) is 22.5 Å². The molecule has 0 bridgehead atoms. The first-order valence-electron chi connectivity index (χ1n) is 11.0. The molecule has 2 heterocycles. The minimum atomic E-state index is -0.159. The molecule has 0 fully saturated rings. The van der Waals surface area contributed by atoms with Gasteiger partial charge in [-0.3, -0.25) is 9.36 Å². The summed E-state index contributed by atoms with van der Waals surface area (Å²) in [5.41, 5.74) is 3.32. The lowest BCUT2D eigenvalue weighted by atomic mass is 10.0. The molecule has 0 saturated carbocycles. The van der Waals surface area contributed by atoms with E-state index in [0.29, 0.717) is 60.3 Å². The average molecular weight is 440 g/mol. The summed E-state index contributed by atoms with van der Waals surface area (Å²) >= 11 is 0. The van der Waals surface area contributed by atoms with E-state index in [1.807, 2.05) is 61.5 Å². The molecule has 4 aromatic rings. The van der Waals surface area contributed by atoms with Crippen LogP contribution in [0.15, 0.2) is 77.6 Å². The van der Waals surface area contributed by atoms with Gasteiger partial charge in [0.2, 0.25) is 0 Å². The zero-order valence-electron chi connectivity index (χ0n) is 18.3.